The summed E-state index contributed by atoms with van der Waals surface area (Å²) in [6.45, 7) is 7.18. The molecule has 2 fully saturated rings. The van der Waals surface area contributed by atoms with E-state index in [9.17, 15) is 14.0 Å². The van der Waals surface area contributed by atoms with Gasteiger partial charge in [-0.2, -0.15) is 0 Å². The molecule has 2 heterocycles. The van der Waals surface area contributed by atoms with Gasteiger partial charge in [0.1, 0.15) is 11.6 Å². The molecule has 0 spiro atoms. The molecule has 0 aromatic heterocycles. The summed E-state index contributed by atoms with van der Waals surface area (Å²) in [4.78, 5) is 32.7. The third-order valence-electron chi connectivity index (χ3n) is 7.96. The molecule has 2 amide bonds. The standard InChI is InChI=1S/C30H38FN3O4/c1-3-27(30(36)33-16-14-32(15-17-33)18-19-37-2)38-25-11-8-21-12-13-34(29(35)23-4-5-23)28(26(21)20-25)22-6-9-24(31)10-7-22/h6-11,20,23,27-28H,3-5,12-19H2,1-2H3/t27-,28-/m0/s1. The maximum absolute atomic E-state index is 13.8. The molecule has 2 aliphatic heterocycles. The molecule has 1 aliphatic carbocycles. The zero-order valence-corrected chi connectivity index (χ0v) is 22.4. The minimum atomic E-state index is -0.573. The van der Waals surface area contributed by atoms with Crippen molar-refractivity contribution in [3.63, 3.8) is 0 Å². The summed E-state index contributed by atoms with van der Waals surface area (Å²) in [7, 11) is 1.70. The van der Waals surface area contributed by atoms with Crippen LogP contribution in [0.3, 0.4) is 0 Å². The number of carbonyl (C=O) groups is 2. The number of piperazine rings is 1. The lowest BCUT2D eigenvalue weighted by Crippen LogP contribution is -2.52. The smallest absolute Gasteiger partial charge is 0.263 e. The molecule has 0 N–H and O–H groups in total. The molecule has 38 heavy (non-hydrogen) atoms. The van der Waals surface area contributed by atoms with E-state index in [1.54, 1.807) is 19.2 Å². The van der Waals surface area contributed by atoms with Crippen LogP contribution in [0.15, 0.2) is 42.5 Å². The minimum absolute atomic E-state index is 0.0113. The van der Waals surface area contributed by atoms with Gasteiger partial charge in [0.2, 0.25) is 5.91 Å². The van der Waals surface area contributed by atoms with Crippen LogP contribution < -0.4 is 4.74 Å². The summed E-state index contributed by atoms with van der Waals surface area (Å²) in [6.07, 6.45) is 2.61. The maximum atomic E-state index is 13.8. The van der Waals surface area contributed by atoms with Gasteiger partial charge in [0, 0.05) is 52.3 Å². The summed E-state index contributed by atoms with van der Waals surface area (Å²) < 4.78 is 25.2. The van der Waals surface area contributed by atoms with E-state index in [1.165, 1.54) is 12.1 Å². The summed E-state index contributed by atoms with van der Waals surface area (Å²) in [5, 5.41) is 0. The number of hydrogen-bond acceptors (Lipinski definition) is 5. The average molecular weight is 524 g/mol. The number of methoxy groups -OCH3 is 1. The van der Waals surface area contributed by atoms with Gasteiger partial charge in [-0.3, -0.25) is 14.5 Å². The molecule has 5 rings (SSSR count). The highest BCUT2D eigenvalue weighted by atomic mass is 19.1. The van der Waals surface area contributed by atoms with E-state index in [0.717, 1.165) is 55.6 Å². The van der Waals surface area contributed by atoms with Gasteiger partial charge in [0.05, 0.1) is 12.6 Å². The Morgan fingerprint density at radius 3 is 2.42 bits per heavy atom. The second kappa shape index (κ2) is 11.8. The Labute approximate surface area is 224 Å². The molecule has 204 valence electrons. The van der Waals surface area contributed by atoms with Crippen molar-refractivity contribution < 1.29 is 23.5 Å². The summed E-state index contributed by atoms with van der Waals surface area (Å²) in [5.74, 6) is 0.594. The topological polar surface area (TPSA) is 62.3 Å². The van der Waals surface area contributed by atoms with Crippen LogP contribution in [0.5, 0.6) is 5.75 Å². The van der Waals surface area contributed by atoms with Crippen LogP contribution in [0.1, 0.15) is 48.9 Å². The Balaban J connectivity index is 1.34. The van der Waals surface area contributed by atoms with Crippen molar-refractivity contribution in [3.05, 3.63) is 65.0 Å². The number of hydrogen-bond donors (Lipinski definition) is 0. The zero-order chi connectivity index (χ0) is 26.6. The van der Waals surface area contributed by atoms with Gasteiger partial charge in [-0.25, -0.2) is 4.39 Å². The number of benzene rings is 2. The minimum Gasteiger partial charge on any atom is -0.481 e. The SMILES string of the molecule is CC[C@H](Oc1ccc2c(c1)[C@H](c1ccc(F)cc1)N(C(=O)C1CC1)CC2)C(=O)N1CCN(CCOC)CC1. The Morgan fingerprint density at radius 1 is 1.03 bits per heavy atom. The molecule has 0 bridgehead atoms. The second-order valence-electron chi connectivity index (χ2n) is 10.5. The first-order valence-corrected chi connectivity index (χ1v) is 13.8. The predicted molar refractivity (Wildman–Crippen MR) is 142 cm³/mol. The summed E-state index contributed by atoms with van der Waals surface area (Å²) in [6, 6.07) is 12.1. The van der Waals surface area contributed by atoms with E-state index >= 15 is 0 Å². The van der Waals surface area contributed by atoms with E-state index in [2.05, 4.69) is 4.90 Å². The number of ether oxygens (including phenoxy) is 2. The molecule has 1 saturated heterocycles. The highest BCUT2D eigenvalue weighted by molar-refractivity contribution is 5.83. The van der Waals surface area contributed by atoms with Crippen LogP contribution in [-0.4, -0.2) is 85.6 Å². The van der Waals surface area contributed by atoms with Gasteiger partial charge < -0.3 is 19.3 Å². The molecular formula is C30H38FN3O4. The molecule has 8 heteroatoms. The van der Waals surface area contributed by atoms with E-state index in [-0.39, 0.29) is 29.6 Å². The largest absolute Gasteiger partial charge is 0.481 e. The Hall–Kier alpha value is -2.97. The fraction of sp³-hybridized carbons (Fsp3) is 0.533. The van der Waals surface area contributed by atoms with Gasteiger partial charge in [-0.15, -0.1) is 0 Å². The second-order valence-corrected chi connectivity index (χ2v) is 10.5. The van der Waals surface area contributed by atoms with Crippen molar-refractivity contribution in [2.75, 3.05) is 53.0 Å². The normalized spacial score (nSPS) is 20.7. The lowest BCUT2D eigenvalue weighted by Gasteiger charge is -2.38. The Kier molecular flexibility index (Phi) is 8.29. The number of nitrogens with zero attached hydrogens (tertiary/aromatic N) is 3. The van der Waals surface area contributed by atoms with E-state index in [0.29, 0.717) is 38.4 Å². The number of rotatable bonds is 9. The van der Waals surface area contributed by atoms with Crippen LogP contribution in [0.25, 0.3) is 0 Å². The first kappa shape index (κ1) is 26.6. The fourth-order valence-corrected chi connectivity index (χ4v) is 5.56. The van der Waals surface area contributed by atoms with Gasteiger partial charge in [0.25, 0.3) is 5.91 Å². The van der Waals surface area contributed by atoms with Crippen LogP contribution in [0.4, 0.5) is 4.39 Å². The van der Waals surface area contributed by atoms with Crippen molar-refractivity contribution in [2.45, 2.75) is 44.8 Å². The lowest BCUT2D eigenvalue weighted by molar-refractivity contribution is -0.140. The van der Waals surface area contributed by atoms with Gasteiger partial charge in [-0.05, 0) is 66.6 Å². The summed E-state index contributed by atoms with van der Waals surface area (Å²) >= 11 is 0. The first-order chi connectivity index (χ1) is 18.5. The molecule has 7 nitrogen and oxygen atoms in total. The molecule has 0 unspecified atom stereocenters. The molecule has 2 aromatic rings. The molecule has 2 aromatic carbocycles. The quantitative estimate of drug-likeness (QED) is 0.502. The van der Waals surface area contributed by atoms with E-state index < -0.39 is 6.10 Å². The first-order valence-electron chi connectivity index (χ1n) is 13.8. The number of fused-ring (bicyclic) bond motifs is 1. The van der Waals surface area contributed by atoms with Crippen LogP contribution in [0, 0.1) is 11.7 Å². The van der Waals surface area contributed by atoms with E-state index in [1.807, 2.05) is 34.9 Å². The van der Waals surface area contributed by atoms with Crippen molar-refractivity contribution >= 4 is 11.8 Å². The van der Waals surface area contributed by atoms with Crippen molar-refractivity contribution in [1.82, 2.24) is 14.7 Å². The average Bonchev–Trinajstić information content (AvgIpc) is 3.80. The van der Waals surface area contributed by atoms with Crippen molar-refractivity contribution in [3.8, 4) is 5.75 Å². The zero-order valence-electron chi connectivity index (χ0n) is 22.4. The molecule has 0 radical (unpaired) electrons. The number of amides is 2. The van der Waals surface area contributed by atoms with Crippen molar-refractivity contribution in [2.24, 2.45) is 5.92 Å². The molecule has 1 saturated carbocycles. The van der Waals surface area contributed by atoms with Crippen LogP contribution >= 0.6 is 0 Å². The van der Waals surface area contributed by atoms with Gasteiger partial charge >= 0.3 is 0 Å². The number of halogens is 1. The maximum Gasteiger partial charge on any atom is 0.263 e. The monoisotopic (exact) mass is 523 g/mol. The predicted octanol–water partition coefficient (Wildman–Crippen LogP) is 3.66. The van der Waals surface area contributed by atoms with Gasteiger partial charge in [0.15, 0.2) is 6.10 Å². The molecule has 3 aliphatic rings. The van der Waals surface area contributed by atoms with E-state index in [4.69, 9.17) is 9.47 Å². The van der Waals surface area contributed by atoms with Crippen molar-refractivity contribution in [1.29, 1.82) is 0 Å². The Bertz CT molecular complexity index is 1130. The van der Waals surface area contributed by atoms with Crippen LogP contribution in [-0.2, 0) is 20.7 Å². The molecular weight excluding hydrogens is 485 g/mol. The molecule has 2 atom stereocenters. The fourth-order valence-electron chi connectivity index (χ4n) is 5.56. The van der Waals surface area contributed by atoms with Gasteiger partial charge in [-0.1, -0.05) is 25.1 Å². The summed E-state index contributed by atoms with van der Waals surface area (Å²) in [5.41, 5.74) is 3.02. The Morgan fingerprint density at radius 2 is 1.76 bits per heavy atom. The lowest BCUT2D eigenvalue weighted by atomic mass is 9.87. The highest BCUT2D eigenvalue weighted by Gasteiger charge is 2.40. The number of carbonyl (C=O) groups excluding carboxylic acids is 2. The third kappa shape index (κ3) is 5.86. The van der Waals surface area contributed by atoms with Crippen LogP contribution in [0.2, 0.25) is 0 Å². The highest BCUT2D eigenvalue weighted by Crippen LogP contribution is 2.41. The third-order valence-corrected chi connectivity index (χ3v) is 7.96.